The molecule has 1 fully saturated rings. The molecule has 0 spiro atoms. The van der Waals surface area contributed by atoms with Gasteiger partial charge in [-0.05, 0) is 5.92 Å². The van der Waals surface area contributed by atoms with Crippen LogP contribution in [0.15, 0.2) is 17.1 Å². The lowest BCUT2D eigenvalue weighted by Gasteiger charge is -2.14. The quantitative estimate of drug-likeness (QED) is 0.857. The lowest BCUT2D eigenvalue weighted by atomic mass is 10.1. The highest BCUT2D eigenvalue weighted by molar-refractivity contribution is 8.13. The molecule has 18 heavy (non-hydrogen) atoms. The Bertz CT molecular complexity index is 528. The highest BCUT2D eigenvalue weighted by Gasteiger charge is 2.31. The van der Waals surface area contributed by atoms with Gasteiger partial charge in [-0.25, -0.2) is 4.98 Å². The average molecular weight is 267 g/mol. The van der Waals surface area contributed by atoms with Crippen LogP contribution in [0.25, 0.3) is 0 Å². The van der Waals surface area contributed by atoms with E-state index in [-0.39, 0.29) is 28.4 Å². The highest BCUT2D eigenvalue weighted by Crippen LogP contribution is 2.24. The van der Waals surface area contributed by atoms with Gasteiger partial charge in [0.1, 0.15) is 0 Å². The van der Waals surface area contributed by atoms with Crippen molar-refractivity contribution < 1.29 is 9.59 Å². The molecule has 1 aromatic heterocycles. The number of H-pyrrole nitrogens is 1. The number of amides is 1. The third-order valence-corrected chi connectivity index (χ3v) is 3.69. The number of anilines is 1. The van der Waals surface area contributed by atoms with E-state index in [2.05, 4.69) is 9.97 Å². The van der Waals surface area contributed by atoms with Crippen LogP contribution in [0.5, 0.6) is 0 Å². The second kappa shape index (κ2) is 5.34. The second-order valence-electron chi connectivity index (χ2n) is 4.13. The van der Waals surface area contributed by atoms with Crippen molar-refractivity contribution in [2.75, 3.05) is 17.2 Å². The maximum atomic E-state index is 11.8. The van der Waals surface area contributed by atoms with Crippen molar-refractivity contribution in [1.82, 2.24) is 9.97 Å². The largest absolute Gasteiger partial charge is 0.292 e. The Morgan fingerprint density at radius 1 is 1.61 bits per heavy atom. The Kier molecular flexibility index (Phi) is 3.81. The van der Waals surface area contributed by atoms with Gasteiger partial charge in [0.05, 0.1) is 0 Å². The van der Waals surface area contributed by atoms with Gasteiger partial charge in [0.25, 0.3) is 5.56 Å². The van der Waals surface area contributed by atoms with E-state index in [1.54, 1.807) is 0 Å². The maximum Gasteiger partial charge on any atom is 0.252 e. The molecular formula is C11H13N3O3S. The fourth-order valence-electron chi connectivity index (χ4n) is 1.83. The summed E-state index contributed by atoms with van der Waals surface area (Å²) in [4.78, 5) is 41.8. The van der Waals surface area contributed by atoms with Crippen LogP contribution in [0.2, 0.25) is 0 Å². The number of hydrogen-bond donors (Lipinski definition) is 1. The minimum Gasteiger partial charge on any atom is -0.292 e. The summed E-state index contributed by atoms with van der Waals surface area (Å²) < 4.78 is 0. The molecule has 1 amide bonds. The van der Waals surface area contributed by atoms with Crippen molar-refractivity contribution in [3.63, 3.8) is 0 Å². The predicted octanol–water partition coefficient (Wildman–Crippen LogP) is 0.402. The molecule has 96 valence electrons. The lowest BCUT2D eigenvalue weighted by Crippen LogP contribution is -2.28. The van der Waals surface area contributed by atoms with E-state index in [9.17, 15) is 14.4 Å². The molecule has 0 saturated carbocycles. The molecule has 0 aliphatic carbocycles. The number of aromatic nitrogens is 2. The summed E-state index contributed by atoms with van der Waals surface area (Å²) in [5.41, 5.74) is -0.283. The van der Waals surface area contributed by atoms with Crippen molar-refractivity contribution in [1.29, 1.82) is 0 Å². The molecule has 7 heteroatoms. The maximum absolute atomic E-state index is 11.8. The molecule has 1 saturated heterocycles. The van der Waals surface area contributed by atoms with Gasteiger partial charge in [-0.2, -0.15) is 0 Å². The standard InChI is InChI=1S/C11H13N3O3S/c1-7(15)18-6-8-4-10(17)14(5-8)11-12-3-2-9(16)13-11/h2-3,8H,4-6H2,1H3,(H,12,13,16). The van der Waals surface area contributed by atoms with E-state index in [1.807, 2.05) is 0 Å². The van der Waals surface area contributed by atoms with Crippen LogP contribution < -0.4 is 10.5 Å². The zero-order chi connectivity index (χ0) is 13.1. The Labute approximate surface area is 108 Å². The van der Waals surface area contributed by atoms with Crippen molar-refractivity contribution in [2.45, 2.75) is 13.3 Å². The third-order valence-electron chi connectivity index (χ3n) is 2.64. The normalized spacial score (nSPS) is 19.3. The molecule has 0 bridgehead atoms. The van der Waals surface area contributed by atoms with Gasteiger partial charge >= 0.3 is 0 Å². The minimum absolute atomic E-state index is 0.0483. The lowest BCUT2D eigenvalue weighted by molar-refractivity contribution is -0.117. The fraction of sp³-hybridized carbons (Fsp3) is 0.455. The van der Waals surface area contributed by atoms with E-state index in [0.29, 0.717) is 18.7 Å². The van der Waals surface area contributed by atoms with Crippen LogP contribution in [0.3, 0.4) is 0 Å². The first-order valence-corrected chi connectivity index (χ1v) is 6.54. The Morgan fingerprint density at radius 3 is 3.06 bits per heavy atom. The highest BCUT2D eigenvalue weighted by atomic mass is 32.2. The molecule has 1 unspecified atom stereocenters. The predicted molar refractivity (Wildman–Crippen MR) is 68.5 cm³/mol. The Hall–Kier alpha value is -1.63. The van der Waals surface area contributed by atoms with Crippen molar-refractivity contribution in [2.24, 2.45) is 5.92 Å². The van der Waals surface area contributed by atoms with Gasteiger partial charge in [-0.15, -0.1) is 0 Å². The summed E-state index contributed by atoms with van der Waals surface area (Å²) in [6, 6.07) is 1.30. The average Bonchev–Trinajstić information content (AvgIpc) is 2.68. The number of nitrogens with one attached hydrogen (secondary N) is 1. The van der Waals surface area contributed by atoms with Gasteiger partial charge in [0.15, 0.2) is 5.12 Å². The van der Waals surface area contributed by atoms with E-state index in [0.717, 1.165) is 0 Å². The summed E-state index contributed by atoms with van der Waals surface area (Å²) in [6.07, 6.45) is 1.76. The molecule has 0 radical (unpaired) electrons. The van der Waals surface area contributed by atoms with Crippen molar-refractivity contribution in [3.8, 4) is 0 Å². The Balaban J connectivity index is 2.05. The van der Waals surface area contributed by atoms with Crippen molar-refractivity contribution >= 4 is 28.7 Å². The van der Waals surface area contributed by atoms with Crippen LogP contribution in [-0.2, 0) is 9.59 Å². The van der Waals surface area contributed by atoms with Crippen LogP contribution in [0.1, 0.15) is 13.3 Å². The second-order valence-corrected chi connectivity index (χ2v) is 5.33. The van der Waals surface area contributed by atoms with Gasteiger partial charge in [0.2, 0.25) is 11.9 Å². The molecule has 6 nitrogen and oxygen atoms in total. The van der Waals surface area contributed by atoms with Crippen LogP contribution in [0.4, 0.5) is 5.95 Å². The first-order chi connectivity index (χ1) is 8.56. The molecule has 1 aromatic rings. The molecule has 1 N–H and O–H groups in total. The summed E-state index contributed by atoms with van der Waals surface area (Å²) in [5.74, 6) is 0.951. The van der Waals surface area contributed by atoms with Gasteiger partial charge in [-0.3, -0.25) is 24.3 Å². The number of nitrogens with zero attached hydrogens (tertiary/aromatic N) is 2. The first-order valence-electron chi connectivity index (χ1n) is 5.55. The number of aromatic amines is 1. The molecule has 2 heterocycles. The van der Waals surface area contributed by atoms with Crippen molar-refractivity contribution in [3.05, 3.63) is 22.6 Å². The fourth-order valence-corrected chi connectivity index (χ4v) is 2.52. The number of carbonyl (C=O) groups is 2. The monoisotopic (exact) mass is 267 g/mol. The SMILES string of the molecule is CC(=O)SCC1CC(=O)N(c2nccc(=O)[nH]2)C1. The molecule has 1 atom stereocenters. The van der Waals surface area contributed by atoms with Crippen LogP contribution >= 0.6 is 11.8 Å². The number of hydrogen-bond acceptors (Lipinski definition) is 5. The van der Waals surface area contributed by atoms with Gasteiger partial charge in [0, 0.05) is 37.9 Å². The molecule has 2 rings (SSSR count). The minimum atomic E-state index is -0.283. The zero-order valence-corrected chi connectivity index (χ0v) is 10.7. The molecule has 1 aliphatic rings. The number of rotatable bonds is 3. The Morgan fingerprint density at radius 2 is 2.39 bits per heavy atom. The number of carbonyl (C=O) groups excluding carboxylic acids is 2. The molecule has 0 aromatic carbocycles. The van der Waals surface area contributed by atoms with Gasteiger partial charge in [-0.1, -0.05) is 11.8 Å². The van der Waals surface area contributed by atoms with Crippen LogP contribution in [-0.4, -0.2) is 33.3 Å². The van der Waals surface area contributed by atoms with E-state index < -0.39 is 0 Å². The smallest absolute Gasteiger partial charge is 0.252 e. The summed E-state index contributed by atoms with van der Waals surface area (Å²) >= 11 is 1.22. The van der Waals surface area contributed by atoms with E-state index in [1.165, 1.54) is 35.8 Å². The number of thioether (sulfide) groups is 1. The van der Waals surface area contributed by atoms with Crippen LogP contribution in [0, 0.1) is 5.92 Å². The molecule has 1 aliphatic heterocycles. The van der Waals surface area contributed by atoms with E-state index in [4.69, 9.17) is 0 Å². The van der Waals surface area contributed by atoms with Gasteiger partial charge < -0.3 is 0 Å². The third kappa shape index (κ3) is 2.98. The summed E-state index contributed by atoms with van der Waals surface area (Å²) in [6.45, 7) is 2.00. The topological polar surface area (TPSA) is 83.1 Å². The summed E-state index contributed by atoms with van der Waals surface area (Å²) in [5, 5.41) is 0.0483. The summed E-state index contributed by atoms with van der Waals surface area (Å²) in [7, 11) is 0. The zero-order valence-electron chi connectivity index (χ0n) is 9.88. The van der Waals surface area contributed by atoms with E-state index >= 15 is 0 Å². The first kappa shape index (κ1) is 12.8. The molecular weight excluding hydrogens is 254 g/mol.